The predicted octanol–water partition coefficient (Wildman–Crippen LogP) is 1.32. The van der Waals surface area contributed by atoms with Crippen molar-refractivity contribution in [2.45, 2.75) is 37.2 Å². The van der Waals surface area contributed by atoms with E-state index >= 15 is 0 Å². The molecule has 0 unspecified atom stereocenters. The first-order chi connectivity index (χ1) is 11.3. The number of carboxylic acid groups (broad SMARTS) is 1. The molecule has 1 heterocycles. The predicted molar refractivity (Wildman–Crippen MR) is 87.4 cm³/mol. The van der Waals surface area contributed by atoms with Gasteiger partial charge in [0, 0.05) is 19.2 Å². The molecule has 134 valence electrons. The maximum atomic E-state index is 12.8. The Balaban J connectivity index is 2.27. The van der Waals surface area contributed by atoms with Crippen LogP contribution in [0.1, 0.15) is 26.2 Å². The first kappa shape index (κ1) is 18.7. The van der Waals surface area contributed by atoms with E-state index in [-0.39, 0.29) is 24.4 Å². The lowest BCUT2D eigenvalue weighted by Crippen LogP contribution is -2.55. The summed E-state index contributed by atoms with van der Waals surface area (Å²) >= 11 is 0. The number of aliphatic carboxylic acids is 1. The zero-order valence-electron chi connectivity index (χ0n) is 13.8. The Hall–Kier alpha value is -1.64. The second-order valence-electron chi connectivity index (χ2n) is 6.02. The Morgan fingerprint density at radius 1 is 1.46 bits per heavy atom. The number of carboxylic acids is 1. The third-order valence-corrected chi connectivity index (χ3v) is 6.48. The lowest BCUT2D eigenvalue weighted by molar-refractivity contribution is -0.162. The number of aliphatic hydroxyl groups is 1. The van der Waals surface area contributed by atoms with Crippen molar-refractivity contribution in [2.75, 3.05) is 20.2 Å². The molecule has 7 nitrogen and oxygen atoms in total. The molecule has 1 fully saturated rings. The van der Waals surface area contributed by atoms with E-state index in [0.717, 1.165) is 4.31 Å². The smallest absolute Gasteiger partial charge is 0.312 e. The molecule has 2 rings (SSSR count). The maximum absolute atomic E-state index is 12.8. The van der Waals surface area contributed by atoms with Gasteiger partial charge in [0.25, 0.3) is 0 Å². The van der Waals surface area contributed by atoms with Gasteiger partial charge in [0.15, 0.2) is 0 Å². The fourth-order valence-electron chi connectivity index (χ4n) is 3.17. The number of methoxy groups -OCH3 is 1. The molecule has 0 spiro atoms. The van der Waals surface area contributed by atoms with Crippen LogP contribution in [0.4, 0.5) is 0 Å². The zero-order valence-corrected chi connectivity index (χ0v) is 14.6. The normalized spacial score (nSPS) is 25.4. The van der Waals surface area contributed by atoms with Crippen molar-refractivity contribution in [2.24, 2.45) is 5.41 Å². The quantitative estimate of drug-likeness (QED) is 0.796. The highest BCUT2D eigenvalue weighted by Crippen LogP contribution is 2.38. The minimum absolute atomic E-state index is 0.0584. The van der Waals surface area contributed by atoms with E-state index < -0.39 is 27.5 Å². The summed E-state index contributed by atoms with van der Waals surface area (Å²) in [5.74, 6) is -0.658. The summed E-state index contributed by atoms with van der Waals surface area (Å²) in [6.07, 6.45) is -0.243. The number of ether oxygens (including phenoxy) is 1. The summed E-state index contributed by atoms with van der Waals surface area (Å²) < 4.78 is 31.7. The number of sulfonamides is 1. The van der Waals surface area contributed by atoms with Crippen LogP contribution in [0.15, 0.2) is 29.2 Å². The average Bonchev–Trinajstić information content (AvgIpc) is 2.56. The summed E-state index contributed by atoms with van der Waals surface area (Å²) in [5.41, 5.74) is -1.28. The molecule has 24 heavy (non-hydrogen) atoms. The van der Waals surface area contributed by atoms with Crippen molar-refractivity contribution in [3.8, 4) is 5.75 Å². The van der Waals surface area contributed by atoms with Crippen LogP contribution in [0.2, 0.25) is 0 Å². The number of aliphatic hydroxyl groups excluding tert-OH is 1. The van der Waals surface area contributed by atoms with Crippen molar-refractivity contribution in [3.63, 3.8) is 0 Å². The standard InChI is InChI=1S/C16H23NO6S/c1-3-7-16(15(19)20)8-9-17(11-14(16)18)24(21,22)13-6-4-5-12(10-13)23-2/h4-6,10,14,18H,3,7-9,11H2,1-2H3,(H,19,20)/t14-,16+/m1/s1. The fraction of sp³-hybridized carbons (Fsp3) is 0.562. The molecule has 1 aromatic carbocycles. The van der Waals surface area contributed by atoms with Gasteiger partial charge in [-0.1, -0.05) is 19.4 Å². The number of carbonyl (C=O) groups is 1. The highest BCUT2D eigenvalue weighted by molar-refractivity contribution is 7.89. The maximum Gasteiger partial charge on any atom is 0.312 e. The number of piperidine rings is 1. The highest BCUT2D eigenvalue weighted by atomic mass is 32.2. The van der Waals surface area contributed by atoms with E-state index in [2.05, 4.69) is 0 Å². The molecule has 2 atom stereocenters. The largest absolute Gasteiger partial charge is 0.497 e. The summed E-state index contributed by atoms with van der Waals surface area (Å²) in [6, 6.07) is 6.08. The van der Waals surface area contributed by atoms with Gasteiger partial charge < -0.3 is 14.9 Å². The van der Waals surface area contributed by atoms with Gasteiger partial charge in [-0.25, -0.2) is 8.42 Å². The van der Waals surface area contributed by atoms with Gasteiger partial charge in [-0.2, -0.15) is 4.31 Å². The Kier molecular flexibility index (Phi) is 5.52. The molecule has 0 bridgehead atoms. The van der Waals surface area contributed by atoms with Gasteiger partial charge in [0.05, 0.1) is 23.5 Å². The fourth-order valence-corrected chi connectivity index (χ4v) is 4.66. The van der Waals surface area contributed by atoms with Crippen molar-refractivity contribution in [1.29, 1.82) is 0 Å². The third-order valence-electron chi connectivity index (χ3n) is 4.62. The lowest BCUT2D eigenvalue weighted by atomic mass is 9.73. The number of nitrogens with zero attached hydrogens (tertiary/aromatic N) is 1. The number of hydrogen-bond donors (Lipinski definition) is 2. The molecule has 2 N–H and O–H groups in total. The highest BCUT2D eigenvalue weighted by Gasteiger charge is 2.49. The zero-order chi connectivity index (χ0) is 18.0. The number of rotatable bonds is 6. The molecule has 8 heteroatoms. The van der Waals surface area contributed by atoms with Gasteiger partial charge >= 0.3 is 5.97 Å². The van der Waals surface area contributed by atoms with Crippen LogP contribution < -0.4 is 4.74 Å². The van der Waals surface area contributed by atoms with Crippen molar-refractivity contribution in [1.82, 2.24) is 4.31 Å². The summed E-state index contributed by atoms with van der Waals surface area (Å²) in [4.78, 5) is 11.7. The Morgan fingerprint density at radius 3 is 2.71 bits per heavy atom. The van der Waals surface area contributed by atoms with Gasteiger partial charge in [-0.05, 0) is 25.0 Å². The minimum atomic E-state index is -3.82. The van der Waals surface area contributed by atoms with E-state index in [1.807, 2.05) is 6.92 Å². The molecule has 1 aromatic rings. The molecular weight excluding hydrogens is 334 g/mol. The van der Waals surface area contributed by atoms with Crippen molar-refractivity contribution in [3.05, 3.63) is 24.3 Å². The van der Waals surface area contributed by atoms with Gasteiger partial charge in [-0.3, -0.25) is 4.79 Å². The van der Waals surface area contributed by atoms with Crippen molar-refractivity contribution >= 4 is 16.0 Å². The lowest BCUT2D eigenvalue weighted by Gasteiger charge is -2.42. The van der Waals surface area contributed by atoms with Gasteiger partial charge in [0.1, 0.15) is 5.75 Å². The third kappa shape index (κ3) is 3.26. The topological polar surface area (TPSA) is 104 Å². The first-order valence-electron chi connectivity index (χ1n) is 7.83. The second-order valence-corrected chi connectivity index (χ2v) is 7.96. The molecule has 0 saturated carbocycles. The Bertz CT molecular complexity index is 704. The molecule has 0 amide bonds. The SMILES string of the molecule is CCC[C@]1(C(=O)O)CCN(S(=O)(=O)c2cccc(OC)c2)C[C@H]1O. The second kappa shape index (κ2) is 7.08. The molecule has 0 aromatic heterocycles. The number of β-amino-alcohol motifs (C(OH)–C–C–N with tert-alkyl or cyclic N) is 1. The molecule has 1 aliphatic rings. The first-order valence-corrected chi connectivity index (χ1v) is 9.27. The van der Waals surface area contributed by atoms with Crippen LogP contribution in [-0.2, 0) is 14.8 Å². The van der Waals surface area contributed by atoms with E-state index in [9.17, 15) is 23.4 Å². The van der Waals surface area contributed by atoms with Crippen LogP contribution in [0.5, 0.6) is 5.75 Å². The van der Waals surface area contributed by atoms with E-state index in [1.165, 1.54) is 19.2 Å². The van der Waals surface area contributed by atoms with Crippen LogP contribution in [0.3, 0.4) is 0 Å². The van der Waals surface area contributed by atoms with E-state index in [1.54, 1.807) is 12.1 Å². The summed E-state index contributed by atoms with van der Waals surface area (Å²) in [6.45, 7) is 1.67. The molecular formula is C16H23NO6S. The summed E-state index contributed by atoms with van der Waals surface area (Å²) in [7, 11) is -2.37. The Labute approximate surface area is 141 Å². The van der Waals surface area contributed by atoms with Crippen LogP contribution in [0.25, 0.3) is 0 Å². The molecule has 1 aliphatic heterocycles. The monoisotopic (exact) mass is 357 g/mol. The van der Waals surface area contributed by atoms with E-state index in [4.69, 9.17) is 4.74 Å². The average molecular weight is 357 g/mol. The Morgan fingerprint density at radius 2 is 2.17 bits per heavy atom. The minimum Gasteiger partial charge on any atom is -0.497 e. The summed E-state index contributed by atoms with van der Waals surface area (Å²) in [5, 5.41) is 19.9. The molecule has 0 radical (unpaired) electrons. The molecule has 0 aliphatic carbocycles. The van der Waals surface area contributed by atoms with Crippen LogP contribution >= 0.6 is 0 Å². The van der Waals surface area contributed by atoms with E-state index in [0.29, 0.717) is 18.6 Å². The number of benzene rings is 1. The van der Waals surface area contributed by atoms with Crippen LogP contribution in [-0.4, -0.2) is 55.2 Å². The van der Waals surface area contributed by atoms with Gasteiger partial charge in [0.2, 0.25) is 10.0 Å². The number of hydrogen-bond acceptors (Lipinski definition) is 5. The van der Waals surface area contributed by atoms with Crippen LogP contribution in [0, 0.1) is 5.41 Å². The molecule has 1 saturated heterocycles. The van der Waals surface area contributed by atoms with Gasteiger partial charge in [-0.15, -0.1) is 0 Å². The van der Waals surface area contributed by atoms with Crippen molar-refractivity contribution < 1.29 is 28.2 Å².